The number of piperidine rings is 2. The van der Waals surface area contributed by atoms with E-state index in [9.17, 15) is 14.4 Å². The number of primary amides is 1. The van der Waals surface area contributed by atoms with Gasteiger partial charge in [0, 0.05) is 43.4 Å². The summed E-state index contributed by atoms with van der Waals surface area (Å²) < 4.78 is 0. The number of hydrogen-bond acceptors (Lipinski definition) is 4. The van der Waals surface area contributed by atoms with Crippen molar-refractivity contribution in [2.45, 2.75) is 38.0 Å². The van der Waals surface area contributed by atoms with Crippen molar-refractivity contribution in [2.24, 2.45) is 11.1 Å². The minimum absolute atomic E-state index is 0.000897. The second-order valence-electron chi connectivity index (χ2n) is 9.21. The van der Waals surface area contributed by atoms with Crippen LogP contribution in [-0.2, 0) is 15.0 Å². The van der Waals surface area contributed by atoms with Crippen LogP contribution < -0.4 is 5.73 Å². The molecular weight excluding hydrogens is 404 g/mol. The summed E-state index contributed by atoms with van der Waals surface area (Å²) in [5.41, 5.74) is 5.61. The quantitative estimate of drug-likeness (QED) is 0.799. The Balaban J connectivity index is 1.47. The molecule has 2 N–H and O–H groups in total. The van der Waals surface area contributed by atoms with Crippen LogP contribution in [0.15, 0.2) is 54.7 Å². The standard InChI is InChI=1S/C25H30N4O3/c1-24(12-16-28(17-13-24)21(30)19-8-3-2-4-9-19)23(32)29-15-7-11-25(18-29,22(26)31)20-10-5-6-14-27-20/h2-6,8-10,14H,7,11-13,15-18H2,1H3,(H2,26,31)/t25-/m0/s1. The highest BCUT2D eigenvalue weighted by Crippen LogP contribution is 2.38. The van der Waals surface area contributed by atoms with E-state index in [1.165, 1.54) is 0 Å². The molecule has 4 rings (SSSR count). The first-order chi connectivity index (χ1) is 15.4. The van der Waals surface area contributed by atoms with E-state index < -0.39 is 16.7 Å². The molecule has 2 saturated heterocycles. The van der Waals surface area contributed by atoms with Crippen LogP contribution in [0.1, 0.15) is 48.7 Å². The number of hydrogen-bond donors (Lipinski definition) is 1. The number of amides is 3. The predicted octanol–water partition coefficient (Wildman–Crippen LogP) is 2.37. The summed E-state index contributed by atoms with van der Waals surface area (Å²) in [4.78, 5) is 46.9. The van der Waals surface area contributed by atoms with E-state index in [0.29, 0.717) is 56.6 Å². The van der Waals surface area contributed by atoms with Crippen molar-refractivity contribution < 1.29 is 14.4 Å². The molecule has 0 aliphatic carbocycles. The van der Waals surface area contributed by atoms with Crippen LogP contribution in [-0.4, -0.2) is 58.7 Å². The maximum atomic E-state index is 13.6. The van der Waals surface area contributed by atoms with Gasteiger partial charge in [0.2, 0.25) is 11.8 Å². The van der Waals surface area contributed by atoms with Gasteiger partial charge >= 0.3 is 0 Å². The van der Waals surface area contributed by atoms with Gasteiger partial charge < -0.3 is 15.5 Å². The third-order valence-electron chi connectivity index (χ3n) is 7.10. The third-order valence-corrected chi connectivity index (χ3v) is 7.10. The minimum Gasteiger partial charge on any atom is -0.369 e. The summed E-state index contributed by atoms with van der Waals surface area (Å²) in [5.74, 6) is -0.409. The summed E-state index contributed by atoms with van der Waals surface area (Å²) >= 11 is 0. The molecule has 3 amide bonds. The van der Waals surface area contributed by atoms with Crippen molar-refractivity contribution in [1.82, 2.24) is 14.8 Å². The van der Waals surface area contributed by atoms with Crippen molar-refractivity contribution >= 4 is 17.7 Å². The van der Waals surface area contributed by atoms with Crippen LogP contribution in [0.5, 0.6) is 0 Å². The molecule has 7 heteroatoms. The maximum Gasteiger partial charge on any atom is 0.253 e. The molecule has 0 saturated carbocycles. The number of rotatable bonds is 4. The molecule has 1 atom stereocenters. The molecule has 2 aliphatic heterocycles. The number of nitrogens with two attached hydrogens (primary N) is 1. The van der Waals surface area contributed by atoms with Crippen LogP contribution in [0.3, 0.4) is 0 Å². The zero-order valence-corrected chi connectivity index (χ0v) is 18.5. The summed E-state index contributed by atoms with van der Waals surface area (Å²) in [6, 6.07) is 14.7. The normalized spacial score (nSPS) is 22.9. The van der Waals surface area contributed by atoms with Gasteiger partial charge in [-0.15, -0.1) is 0 Å². The number of likely N-dealkylation sites (tertiary alicyclic amines) is 2. The molecule has 168 valence electrons. The monoisotopic (exact) mass is 434 g/mol. The number of carbonyl (C=O) groups is 3. The average molecular weight is 435 g/mol. The molecule has 2 fully saturated rings. The highest BCUT2D eigenvalue weighted by atomic mass is 16.2. The average Bonchev–Trinajstić information content (AvgIpc) is 2.84. The summed E-state index contributed by atoms with van der Waals surface area (Å²) in [6.07, 6.45) is 4.11. The summed E-state index contributed by atoms with van der Waals surface area (Å²) in [6.45, 7) is 3.89. The fourth-order valence-electron chi connectivity index (χ4n) is 4.97. The lowest BCUT2D eigenvalue weighted by atomic mass is 9.73. The number of pyridine rings is 1. The number of benzene rings is 1. The molecule has 32 heavy (non-hydrogen) atoms. The number of nitrogens with zero attached hydrogens (tertiary/aromatic N) is 3. The van der Waals surface area contributed by atoms with Crippen LogP contribution >= 0.6 is 0 Å². The molecule has 7 nitrogen and oxygen atoms in total. The molecule has 2 aromatic rings. The van der Waals surface area contributed by atoms with Gasteiger partial charge in [-0.05, 0) is 49.9 Å². The van der Waals surface area contributed by atoms with E-state index in [2.05, 4.69) is 4.98 Å². The van der Waals surface area contributed by atoms with Gasteiger partial charge in [-0.2, -0.15) is 0 Å². The maximum absolute atomic E-state index is 13.6. The van der Waals surface area contributed by atoms with Crippen molar-refractivity contribution in [1.29, 1.82) is 0 Å². The van der Waals surface area contributed by atoms with Crippen LogP contribution in [0.2, 0.25) is 0 Å². The summed E-state index contributed by atoms with van der Waals surface area (Å²) in [5, 5.41) is 0. The van der Waals surface area contributed by atoms with E-state index in [1.54, 1.807) is 17.2 Å². The summed E-state index contributed by atoms with van der Waals surface area (Å²) in [7, 11) is 0. The molecule has 0 radical (unpaired) electrons. The number of carbonyl (C=O) groups excluding carboxylic acids is 3. The SMILES string of the molecule is CC1(C(=O)N2CCC[C@@](C(N)=O)(c3ccccn3)C2)CCN(C(=O)c2ccccc2)CC1. The fraction of sp³-hybridized carbons (Fsp3) is 0.440. The Morgan fingerprint density at radius 2 is 1.59 bits per heavy atom. The van der Waals surface area contributed by atoms with E-state index in [4.69, 9.17) is 5.73 Å². The van der Waals surface area contributed by atoms with Gasteiger partial charge in [0.05, 0.1) is 5.69 Å². The Morgan fingerprint density at radius 3 is 2.22 bits per heavy atom. The first kappa shape index (κ1) is 22.0. The Kier molecular flexibility index (Phi) is 6.00. The van der Waals surface area contributed by atoms with Gasteiger partial charge in [0.25, 0.3) is 5.91 Å². The van der Waals surface area contributed by atoms with E-state index in [1.807, 2.05) is 54.3 Å². The van der Waals surface area contributed by atoms with Crippen molar-refractivity contribution in [3.05, 3.63) is 66.0 Å². The van der Waals surface area contributed by atoms with Crippen LogP contribution in [0.4, 0.5) is 0 Å². The second-order valence-corrected chi connectivity index (χ2v) is 9.21. The van der Waals surface area contributed by atoms with Gasteiger partial charge in [-0.3, -0.25) is 19.4 Å². The molecule has 2 aliphatic rings. The van der Waals surface area contributed by atoms with Crippen molar-refractivity contribution in [3.63, 3.8) is 0 Å². The number of aromatic nitrogens is 1. The first-order valence-corrected chi connectivity index (χ1v) is 11.2. The molecule has 3 heterocycles. The van der Waals surface area contributed by atoms with Gasteiger partial charge in [0.15, 0.2) is 0 Å². The van der Waals surface area contributed by atoms with E-state index in [0.717, 1.165) is 0 Å². The smallest absolute Gasteiger partial charge is 0.253 e. The fourth-order valence-corrected chi connectivity index (χ4v) is 4.97. The lowest BCUT2D eigenvalue weighted by Gasteiger charge is -2.45. The van der Waals surface area contributed by atoms with Crippen molar-refractivity contribution in [2.75, 3.05) is 26.2 Å². The Morgan fingerprint density at radius 1 is 0.906 bits per heavy atom. The van der Waals surface area contributed by atoms with Gasteiger partial charge in [-0.25, -0.2) is 0 Å². The van der Waals surface area contributed by atoms with Crippen molar-refractivity contribution in [3.8, 4) is 0 Å². The minimum atomic E-state index is -0.963. The second kappa shape index (κ2) is 8.73. The lowest BCUT2D eigenvalue weighted by Crippen LogP contribution is -2.58. The molecule has 1 aromatic heterocycles. The van der Waals surface area contributed by atoms with Crippen LogP contribution in [0.25, 0.3) is 0 Å². The van der Waals surface area contributed by atoms with E-state index >= 15 is 0 Å². The predicted molar refractivity (Wildman–Crippen MR) is 121 cm³/mol. The third kappa shape index (κ3) is 3.99. The molecule has 1 aromatic carbocycles. The van der Waals surface area contributed by atoms with E-state index in [-0.39, 0.29) is 18.4 Å². The molecular formula is C25H30N4O3. The molecule has 0 bridgehead atoms. The largest absolute Gasteiger partial charge is 0.369 e. The Labute approximate surface area is 188 Å². The van der Waals surface area contributed by atoms with Crippen LogP contribution in [0, 0.1) is 5.41 Å². The molecule has 0 spiro atoms. The Hall–Kier alpha value is -3.22. The molecule has 0 unspecified atom stereocenters. The topological polar surface area (TPSA) is 96.6 Å². The highest BCUT2D eigenvalue weighted by Gasteiger charge is 2.48. The van der Waals surface area contributed by atoms with Gasteiger partial charge in [0.1, 0.15) is 5.41 Å². The Bertz CT molecular complexity index is 987. The zero-order chi connectivity index (χ0) is 22.8. The first-order valence-electron chi connectivity index (χ1n) is 11.2. The highest BCUT2D eigenvalue weighted by molar-refractivity contribution is 5.94. The lowest BCUT2D eigenvalue weighted by molar-refractivity contribution is -0.147. The van der Waals surface area contributed by atoms with Gasteiger partial charge in [-0.1, -0.05) is 31.2 Å². The zero-order valence-electron chi connectivity index (χ0n) is 18.5.